The smallest absolute Gasteiger partial charge is 0.306 e. The van der Waals surface area contributed by atoms with E-state index < -0.39 is 6.10 Å². The van der Waals surface area contributed by atoms with E-state index in [1.165, 1.54) is 302 Å². The standard InChI is InChI=1S/C69H134O6/c1-4-7-10-13-15-17-19-21-23-25-27-29-31-33-35-37-39-41-43-45-47-49-51-53-56-59-62-68(71)74-65-66(64-73-67(70)61-58-55-12-9-6-3)75-69(72)63-60-57-54-52-50-48-46-44-42-40-38-36-34-32-30-28-26-24-22-20-18-16-14-11-8-5-2/h66H,4-65H2,1-3H3. The second kappa shape index (κ2) is 64.9. The average molecular weight is 1060 g/mol. The number of carbonyl (C=O) groups excluding carboxylic acids is 3. The molecule has 0 rings (SSSR count). The van der Waals surface area contributed by atoms with Gasteiger partial charge in [0, 0.05) is 19.3 Å². The second-order valence-corrected chi connectivity index (χ2v) is 23.8. The predicted molar refractivity (Wildman–Crippen MR) is 326 cm³/mol. The van der Waals surface area contributed by atoms with Crippen molar-refractivity contribution >= 4 is 17.9 Å². The molecular formula is C69H134O6. The number of esters is 3. The number of carbonyl (C=O) groups is 3. The Bertz CT molecular complexity index is 1120. The Hall–Kier alpha value is -1.59. The topological polar surface area (TPSA) is 78.9 Å². The summed E-state index contributed by atoms with van der Waals surface area (Å²) in [5.74, 6) is -0.843. The number of hydrogen-bond acceptors (Lipinski definition) is 6. The third kappa shape index (κ3) is 63.1. The molecule has 0 saturated heterocycles. The zero-order valence-electron chi connectivity index (χ0n) is 51.4. The first-order valence-electron chi connectivity index (χ1n) is 34.5. The van der Waals surface area contributed by atoms with Crippen molar-refractivity contribution in [3.8, 4) is 0 Å². The van der Waals surface area contributed by atoms with Gasteiger partial charge in [0.1, 0.15) is 13.2 Å². The summed E-state index contributed by atoms with van der Waals surface area (Å²) in [6.45, 7) is 6.65. The highest BCUT2D eigenvalue weighted by Crippen LogP contribution is 2.19. The lowest BCUT2D eigenvalue weighted by Gasteiger charge is -2.18. The lowest BCUT2D eigenvalue weighted by molar-refractivity contribution is -0.167. The van der Waals surface area contributed by atoms with Gasteiger partial charge in [-0.1, -0.05) is 367 Å². The summed E-state index contributed by atoms with van der Waals surface area (Å²) in [5, 5.41) is 0. The normalized spacial score (nSPS) is 11.9. The minimum Gasteiger partial charge on any atom is -0.462 e. The first-order valence-corrected chi connectivity index (χ1v) is 34.5. The summed E-state index contributed by atoms with van der Waals surface area (Å²) in [6.07, 6.45) is 76.2. The van der Waals surface area contributed by atoms with Crippen LogP contribution in [0.5, 0.6) is 0 Å². The van der Waals surface area contributed by atoms with E-state index >= 15 is 0 Å². The van der Waals surface area contributed by atoms with Crippen molar-refractivity contribution in [3.63, 3.8) is 0 Å². The maximum Gasteiger partial charge on any atom is 0.306 e. The number of hydrogen-bond donors (Lipinski definition) is 0. The molecule has 0 aromatic rings. The molecule has 6 nitrogen and oxygen atoms in total. The Kier molecular flexibility index (Phi) is 63.6. The molecule has 0 fully saturated rings. The first kappa shape index (κ1) is 73.4. The van der Waals surface area contributed by atoms with Crippen LogP contribution in [0, 0.1) is 0 Å². The fraction of sp³-hybridized carbons (Fsp3) is 0.957. The van der Waals surface area contributed by atoms with Gasteiger partial charge in [0.05, 0.1) is 0 Å². The largest absolute Gasteiger partial charge is 0.462 e. The highest BCUT2D eigenvalue weighted by Gasteiger charge is 2.19. The highest BCUT2D eigenvalue weighted by atomic mass is 16.6. The van der Waals surface area contributed by atoms with Gasteiger partial charge in [0.15, 0.2) is 6.10 Å². The number of unbranched alkanes of at least 4 members (excludes halogenated alkanes) is 54. The number of ether oxygens (including phenoxy) is 3. The molecule has 0 aliphatic carbocycles. The van der Waals surface area contributed by atoms with Gasteiger partial charge in [-0.05, 0) is 19.3 Å². The van der Waals surface area contributed by atoms with E-state index in [0.717, 1.165) is 64.2 Å². The summed E-state index contributed by atoms with van der Waals surface area (Å²) < 4.78 is 16.8. The summed E-state index contributed by atoms with van der Waals surface area (Å²) in [6, 6.07) is 0. The van der Waals surface area contributed by atoms with E-state index in [2.05, 4.69) is 20.8 Å². The lowest BCUT2D eigenvalue weighted by atomic mass is 10.0. The molecule has 1 unspecified atom stereocenters. The van der Waals surface area contributed by atoms with E-state index in [1.807, 2.05) is 0 Å². The van der Waals surface area contributed by atoms with Crippen LogP contribution in [-0.2, 0) is 28.6 Å². The van der Waals surface area contributed by atoms with Crippen LogP contribution in [0.1, 0.15) is 406 Å². The Morgan fingerprint density at radius 2 is 0.360 bits per heavy atom. The number of rotatable bonds is 65. The molecule has 0 spiro atoms. The van der Waals surface area contributed by atoms with E-state index in [1.54, 1.807) is 0 Å². The molecule has 0 heterocycles. The van der Waals surface area contributed by atoms with Crippen molar-refractivity contribution in [2.24, 2.45) is 0 Å². The molecule has 0 bridgehead atoms. The predicted octanol–water partition coefficient (Wildman–Crippen LogP) is 23.5. The zero-order chi connectivity index (χ0) is 54.3. The van der Waals surface area contributed by atoms with Crippen molar-refractivity contribution in [2.45, 2.75) is 412 Å². The van der Waals surface area contributed by atoms with Crippen LogP contribution < -0.4 is 0 Å². The molecule has 0 aliphatic heterocycles. The van der Waals surface area contributed by atoms with Gasteiger partial charge in [-0.3, -0.25) is 14.4 Å². The van der Waals surface area contributed by atoms with Crippen molar-refractivity contribution in [3.05, 3.63) is 0 Å². The highest BCUT2D eigenvalue weighted by molar-refractivity contribution is 5.71. The molecule has 1 atom stereocenters. The summed E-state index contributed by atoms with van der Waals surface area (Å²) in [4.78, 5) is 38.0. The van der Waals surface area contributed by atoms with Crippen molar-refractivity contribution in [1.82, 2.24) is 0 Å². The van der Waals surface area contributed by atoms with Crippen molar-refractivity contribution < 1.29 is 28.6 Å². The molecule has 0 aliphatic rings. The molecule has 0 aromatic heterocycles. The SMILES string of the molecule is CCCCCCCCCCCCCCCCCCCCCCCCCCCCC(=O)OCC(COC(=O)CCCCCCC)OC(=O)CCCCCCCCCCCCCCCCCCCCCCCCCCCC. The summed E-state index contributed by atoms with van der Waals surface area (Å²) in [7, 11) is 0. The van der Waals surface area contributed by atoms with Gasteiger partial charge >= 0.3 is 17.9 Å². The van der Waals surface area contributed by atoms with Crippen LogP contribution in [0.2, 0.25) is 0 Å². The maximum atomic E-state index is 12.8. The van der Waals surface area contributed by atoms with Crippen LogP contribution in [0.3, 0.4) is 0 Å². The fourth-order valence-corrected chi connectivity index (χ4v) is 10.9. The third-order valence-electron chi connectivity index (χ3n) is 16.1. The Balaban J connectivity index is 3.91. The van der Waals surface area contributed by atoms with Gasteiger partial charge in [0.2, 0.25) is 0 Å². The first-order chi connectivity index (χ1) is 37.0. The molecule has 0 N–H and O–H groups in total. The third-order valence-corrected chi connectivity index (χ3v) is 16.1. The molecule has 0 saturated carbocycles. The quantitative estimate of drug-likeness (QED) is 0.0343. The van der Waals surface area contributed by atoms with E-state index in [0.29, 0.717) is 19.3 Å². The van der Waals surface area contributed by atoms with Gasteiger partial charge < -0.3 is 14.2 Å². The van der Waals surface area contributed by atoms with E-state index in [9.17, 15) is 14.4 Å². The van der Waals surface area contributed by atoms with Crippen LogP contribution in [0.25, 0.3) is 0 Å². The summed E-state index contributed by atoms with van der Waals surface area (Å²) >= 11 is 0. The zero-order valence-corrected chi connectivity index (χ0v) is 51.4. The average Bonchev–Trinajstić information content (AvgIpc) is 3.41. The molecule has 6 heteroatoms. The minimum absolute atomic E-state index is 0.0622. The fourth-order valence-electron chi connectivity index (χ4n) is 10.9. The van der Waals surface area contributed by atoms with E-state index in [4.69, 9.17) is 14.2 Å². The van der Waals surface area contributed by atoms with Crippen molar-refractivity contribution in [1.29, 1.82) is 0 Å². The van der Waals surface area contributed by atoms with Crippen molar-refractivity contribution in [2.75, 3.05) is 13.2 Å². The molecule has 0 amide bonds. The molecule has 446 valence electrons. The Morgan fingerprint density at radius 1 is 0.213 bits per heavy atom. The maximum absolute atomic E-state index is 12.8. The molecule has 0 radical (unpaired) electrons. The van der Waals surface area contributed by atoms with Gasteiger partial charge in [-0.15, -0.1) is 0 Å². The van der Waals surface area contributed by atoms with Crippen LogP contribution in [-0.4, -0.2) is 37.2 Å². The van der Waals surface area contributed by atoms with Crippen LogP contribution in [0.15, 0.2) is 0 Å². The van der Waals surface area contributed by atoms with Gasteiger partial charge in [-0.25, -0.2) is 0 Å². The molecule has 0 aromatic carbocycles. The summed E-state index contributed by atoms with van der Waals surface area (Å²) in [5.41, 5.74) is 0. The van der Waals surface area contributed by atoms with Gasteiger partial charge in [0.25, 0.3) is 0 Å². The Morgan fingerprint density at radius 3 is 0.533 bits per heavy atom. The van der Waals surface area contributed by atoms with E-state index in [-0.39, 0.29) is 31.1 Å². The monoisotopic (exact) mass is 1060 g/mol. The minimum atomic E-state index is -0.761. The molecule has 75 heavy (non-hydrogen) atoms. The molecular weight excluding hydrogens is 925 g/mol. The van der Waals surface area contributed by atoms with Crippen LogP contribution in [0.4, 0.5) is 0 Å². The Labute approximate surface area is 469 Å². The lowest BCUT2D eigenvalue weighted by Crippen LogP contribution is -2.30. The van der Waals surface area contributed by atoms with Crippen LogP contribution >= 0.6 is 0 Å². The van der Waals surface area contributed by atoms with Gasteiger partial charge in [-0.2, -0.15) is 0 Å². The second-order valence-electron chi connectivity index (χ2n) is 23.8.